The lowest BCUT2D eigenvalue weighted by Gasteiger charge is -2.18. The molecule has 0 saturated heterocycles. The molecule has 0 spiro atoms. The summed E-state index contributed by atoms with van der Waals surface area (Å²) in [5.41, 5.74) is 1.98. The molecule has 0 atom stereocenters. The van der Waals surface area contributed by atoms with Gasteiger partial charge in [-0.05, 0) is 36.6 Å². The van der Waals surface area contributed by atoms with Gasteiger partial charge in [-0.15, -0.1) is 0 Å². The Labute approximate surface area is 177 Å². The van der Waals surface area contributed by atoms with Gasteiger partial charge in [-0.2, -0.15) is 0 Å². The Bertz CT molecular complexity index is 1010. The summed E-state index contributed by atoms with van der Waals surface area (Å²) in [6.07, 6.45) is 2.36. The number of para-hydroxylation sites is 1. The molecule has 1 heterocycles. The molecular weight excluding hydrogens is 436 g/mol. The summed E-state index contributed by atoms with van der Waals surface area (Å²) < 4.78 is 1.01. The van der Waals surface area contributed by atoms with Gasteiger partial charge in [0.15, 0.2) is 5.16 Å². The second-order valence-electron chi connectivity index (χ2n) is 6.92. The van der Waals surface area contributed by atoms with Crippen molar-refractivity contribution >= 4 is 50.3 Å². The quantitative estimate of drug-likeness (QED) is 0.411. The van der Waals surface area contributed by atoms with Crippen LogP contribution in [-0.4, -0.2) is 39.6 Å². The van der Waals surface area contributed by atoms with E-state index in [4.69, 9.17) is 0 Å². The summed E-state index contributed by atoms with van der Waals surface area (Å²) in [5, 5.41) is 5.14. The van der Waals surface area contributed by atoms with Crippen molar-refractivity contribution in [3.05, 3.63) is 58.6 Å². The number of amides is 1. The lowest BCUT2D eigenvalue weighted by Crippen LogP contribution is -2.28. The lowest BCUT2D eigenvalue weighted by molar-refractivity contribution is -0.127. The highest BCUT2D eigenvalue weighted by Gasteiger charge is 2.23. The zero-order valence-electron chi connectivity index (χ0n) is 15.6. The molecule has 0 radical (unpaired) electrons. The van der Waals surface area contributed by atoms with E-state index in [1.54, 1.807) is 4.90 Å². The highest BCUT2D eigenvalue weighted by molar-refractivity contribution is 9.10. The van der Waals surface area contributed by atoms with Gasteiger partial charge in [-0.3, -0.25) is 4.79 Å². The van der Waals surface area contributed by atoms with Gasteiger partial charge in [0, 0.05) is 29.5 Å². The molecule has 3 aromatic rings. The molecular formula is C21H21BrN4OS. The van der Waals surface area contributed by atoms with Crippen LogP contribution in [-0.2, 0) is 11.3 Å². The minimum atomic E-state index is 0.0502. The standard InChI is InChI=1S/C21H21BrN4OS/c1-26(12-14-6-2-4-8-17(14)22)19(27)13-28-21-24-18-9-5-3-7-16(18)20(25-21)23-15-10-11-15/h2-9,15H,10-13H2,1H3,(H,23,24,25). The van der Waals surface area contributed by atoms with E-state index in [0.717, 1.165) is 26.8 Å². The Morgan fingerprint density at radius 2 is 1.93 bits per heavy atom. The van der Waals surface area contributed by atoms with Gasteiger partial charge in [0.05, 0.1) is 11.3 Å². The number of rotatable bonds is 7. The van der Waals surface area contributed by atoms with Crippen molar-refractivity contribution in [1.82, 2.24) is 14.9 Å². The van der Waals surface area contributed by atoms with E-state index < -0.39 is 0 Å². The van der Waals surface area contributed by atoms with Gasteiger partial charge < -0.3 is 10.2 Å². The first kappa shape index (κ1) is 19.2. The highest BCUT2D eigenvalue weighted by atomic mass is 79.9. The topological polar surface area (TPSA) is 58.1 Å². The number of hydrogen-bond acceptors (Lipinski definition) is 5. The predicted octanol–water partition coefficient (Wildman–Crippen LogP) is 4.72. The van der Waals surface area contributed by atoms with Crippen LogP contribution in [0.5, 0.6) is 0 Å². The summed E-state index contributed by atoms with van der Waals surface area (Å²) in [6.45, 7) is 0.563. The number of nitrogens with one attached hydrogen (secondary N) is 1. The Morgan fingerprint density at radius 3 is 2.71 bits per heavy atom. The maximum Gasteiger partial charge on any atom is 0.233 e. The molecule has 1 aliphatic rings. The average molecular weight is 457 g/mol. The Hall–Kier alpha value is -2.12. The molecule has 1 N–H and O–H groups in total. The Balaban J connectivity index is 1.44. The molecule has 2 aromatic carbocycles. The number of carbonyl (C=O) groups is 1. The van der Waals surface area contributed by atoms with Crippen molar-refractivity contribution in [1.29, 1.82) is 0 Å². The van der Waals surface area contributed by atoms with Crippen LogP contribution < -0.4 is 5.32 Å². The molecule has 0 unspecified atom stereocenters. The molecule has 4 rings (SSSR count). The predicted molar refractivity (Wildman–Crippen MR) is 118 cm³/mol. The number of halogens is 1. The number of carbonyl (C=O) groups excluding carboxylic acids is 1. The normalized spacial score (nSPS) is 13.5. The van der Waals surface area contributed by atoms with Crippen LogP contribution in [0, 0.1) is 0 Å². The average Bonchev–Trinajstić information content (AvgIpc) is 3.52. The molecule has 7 heteroatoms. The Morgan fingerprint density at radius 1 is 1.18 bits per heavy atom. The Kier molecular flexibility index (Phi) is 5.82. The molecule has 1 amide bonds. The first-order valence-electron chi connectivity index (χ1n) is 9.23. The van der Waals surface area contributed by atoms with E-state index in [-0.39, 0.29) is 5.91 Å². The molecule has 0 bridgehead atoms. The van der Waals surface area contributed by atoms with Crippen LogP contribution in [0.3, 0.4) is 0 Å². The monoisotopic (exact) mass is 456 g/mol. The maximum atomic E-state index is 12.6. The number of hydrogen-bond donors (Lipinski definition) is 1. The van der Waals surface area contributed by atoms with Crippen LogP contribution in [0.15, 0.2) is 58.2 Å². The third-order valence-electron chi connectivity index (χ3n) is 4.62. The van der Waals surface area contributed by atoms with E-state index >= 15 is 0 Å². The van der Waals surface area contributed by atoms with Crippen LogP contribution >= 0.6 is 27.7 Å². The van der Waals surface area contributed by atoms with Crippen molar-refractivity contribution in [2.45, 2.75) is 30.6 Å². The molecule has 1 aliphatic carbocycles. The van der Waals surface area contributed by atoms with Crippen molar-refractivity contribution < 1.29 is 4.79 Å². The fourth-order valence-corrected chi connectivity index (χ4v) is 4.06. The largest absolute Gasteiger partial charge is 0.367 e. The molecule has 5 nitrogen and oxygen atoms in total. The van der Waals surface area contributed by atoms with Gasteiger partial charge in [0.1, 0.15) is 5.82 Å². The van der Waals surface area contributed by atoms with Crippen molar-refractivity contribution in [3.8, 4) is 0 Å². The minimum absolute atomic E-state index is 0.0502. The van der Waals surface area contributed by atoms with E-state index in [9.17, 15) is 4.79 Å². The smallest absolute Gasteiger partial charge is 0.233 e. The van der Waals surface area contributed by atoms with Crippen LogP contribution in [0.2, 0.25) is 0 Å². The summed E-state index contributed by atoms with van der Waals surface area (Å²) in [4.78, 5) is 23.6. The van der Waals surface area contributed by atoms with Crippen LogP contribution in [0.4, 0.5) is 5.82 Å². The summed E-state index contributed by atoms with van der Waals surface area (Å²) >= 11 is 4.92. The van der Waals surface area contributed by atoms with Crippen LogP contribution in [0.25, 0.3) is 10.9 Å². The molecule has 0 aliphatic heterocycles. The van der Waals surface area contributed by atoms with Crippen molar-refractivity contribution in [2.75, 3.05) is 18.1 Å². The molecule has 1 saturated carbocycles. The number of fused-ring (bicyclic) bond motifs is 1. The fraction of sp³-hybridized carbons (Fsp3) is 0.286. The zero-order valence-corrected chi connectivity index (χ0v) is 18.0. The highest BCUT2D eigenvalue weighted by Crippen LogP contribution is 2.29. The summed E-state index contributed by atoms with van der Waals surface area (Å²) in [5.74, 6) is 1.22. The first-order chi connectivity index (χ1) is 13.6. The molecule has 1 aromatic heterocycles. The number of anilines is 1. The first-order valence-corrected chi connectivity index (χ1v) is 11.0. The third-order valence-corrected chi connectivity index (χ3v) is 6.22. The van der Waals surface area contributed by atoms with E-state index in [2.05, 4.69) is 31.2 Å². The lowest BCUT2D eigenvalue weighted by atomic mass is 10.2. The van der Waals surface area contributed by atoms with Crippen molar-refractivity contribution in [3.63, 3.8) is 0 Å². The van der Waals surface area contributed by atoms with Gasteiger partial charge in [0.2, 0.25) is 5.91 Å². The van der Waals surface area contributed by atoms with Gasteiger partial charge in [0.25, 0.3) is 0 Å². The molecule has 144 valence electrons. The SMILES string of the molecule is CN(Cc1ccccc1Br)C(=O)CSc1nc(NC2CC2)c2ccccc2n1. The van der Waals surface area contributed by atoms with Gasteiger partial charge >= 0.3 is 0 Å². The summed E-state index contributed by atoms with van der Waals surface area (Å²) in [7, 11) is 1.82. The van der Waals surface area contributed by atoms with Crippen LogP contribution in [0.1, 0.15) is 18.4 Å². The van der Waals surface area contributed by atoms with E-state index in [1.807, 2.05) is 55.6 Å². The fourth-order valence-electron chi connectivity index (χ4n) is 2.86. The number of aromatic nitrogens is 2. The van der Waals surface area contributed by atoms with E-state index in [0.29, 0.717) is 23.5 Å². The summed E-state index contributed by atoms with van der Waals surface area (Å²) in [6, 6.07) is 16.4. The molecule has 1 fully saturated rings. The number of benzene rings is 2. The number of thioether (sulfide) groups is 1. The zero-order chi connectivity index (χ0) is 19.5. The third kappa shape index (κ3) is 4.64. The van der Waals surface area contributed by atoms with Gasteiger partial charge in [-0.1, -0.05) is 58.0 Å². The van der Waals surface area contributed by atoms with Gasteiger partial charge in [-0.25, -0.2) is 9.97 Å². The number of nitrogens with zero attached hydrogens (tertiary/aromatic N) is 3. The van der Waals surface area contributed by atoms with E-state index in [1.165, 1.54) is 24.6 Å². The maximum absolute atomic E-state index is 12.6. The van der Waals surface area contributed by atoms with Crippen molar-refractivity contribution in [2.24, 2.45) is 0 Å². The minimum Gasteiger partial charge on any atom is -0.367 e. The second-order valence-corrected chi connectivity index (χ2v) is 8.72. The molecule has 28 heavy (non-hydrogen) atoms. The second kappa shape index (κ2) is 8.49.